The number of carbonyl (C=O) groups excluding carboxylic acids is 1. The average Bonchev–Trinajstić information content (AvgIpc) is 2.64. The second-order valence-corrected chi connectivity index (χ2v) is 6.95. The first kappa shape index (κ1) is 18.0. The normalized spacial score (nSPS) is 15.0. The Morgan fingerprint density at radius 2 is 1.88 bits per heavy atom. The Morgan fingerprint density at radius 3 is 2.68 bits per heavy atom. The monoisotopic (exact) mass is 378 g/mol. The predicted molar refractivity (Wildman–Crippen MR) is 99.4 cm³/mol. The van der Waals surface area contributed by atoms with E-state index in [1.807, 2.05) is 6.07 Å². The number of nitrogens with one attached hydrogen (secondary N) is 1. The molecule has 25 heavy (non-hydrogen) atoms. The first-order valence-electron chi connectivity index (χ1n) is 8.47. The molecule has 2 aromatic rings. The maximum atomic E-state index is 12.4. The Kier molecular flexibility index (Phi) is 6.16. The zero-order valence-corrected chi connectivity index (χ0v) is 15.3. The third kappa shape index (κ3) is 4.86. The Balaban J connectivity index is 1.62. The number of hydrogen-bond donors (Lipinski definition) is 1. The number of amides is 1. The van der Waals surface area contributed by atoms with Gasteiger partial charge >= 0.3 is 0 Å². The molecular weight excluding hydrogens is 359 g/mol. The van der Waals surface area contributed by atoms with Gasteiger partial charge in [-0.1, -0.05) is 54.6 Å². The molecule has 0 saturated heterocycles. The van der Waals surface area contributed by atoms with Crippen LogP contribution in [-0.2, 0) is 6.61 Å². The zero-order chi connectivity index (χ0) is 17.6. The van der Waals surface area contributed by atoms with Gasteiger partial charge in [0.1, 0.15) is 23.1 Å². The van der Waals surface area contributed by atoms with E-state index in [4.69, 9.17) is 27.9 Å². The molecule has 1 aliphatic carbocycles. The minimum absolute atomic E-state index is 0.130. The average molecular weight is 379 g/mol. The van der Waals surface area contributed by atoms with Crippen LogP contribution in [0.5, 0.6) is 5.75 Å². The summed E-state index contributed by atoms with van der Waals surface area (Å²) in [6, 6.07) is 10.8. The number of carbonyl (C=O) groups is 1. The van der Waals surface area contributed by atoms with Gasteiger partial charge in [-0.05, 0) is 37.1 Å². The number of aromatic nitrogens is 1. The van der Waals surface area contributed by atoms with Crippen LogP contribution in [0, 0.1) is 0 Å². The molecule has 0 atom stereocenters. The van der Waals surface area contributed by atoms with E-state index in [0.29, 0.717) is 27.2 Å². The van der Waals surface area contributed by atoms with Gasteiger partial charge in [0, 0.05) is 6.04 Å². The highest BCUT2D eigenvalue weighted by atomic mass is 35.5. The van der Waals surface area contributed by atoms with E-state index in [9.17, 15) is 4.79 Å². The molecule has 3 rings (SSSR count). The van der Waals surface area contributed by atoms with Crippen LogP contribution in [0.2, 0.25) is 10.0 Å². The van der Waals surface area contributed by atoms with Crippen molar-refractivity contribution in [2.75, 3.05) is 0 Å². The number of nitrogens with zero attached hydrogens (tertiary/aromatic N) is 1. The summed E-state index contributed by atoms with van der Waals surface area (Å²) in [7, 11) is 0. The summed E-state index contributed by atoms with van der Waals surface area (Å²) >= 11 is 12.1. The largest absolute Gasteiger partial charge is 0.486 e. The molecule has 1 N–H and O–H groups in total. The van der Waals surface area contributed by atoms with E-state index in [-0.39, 0.29) is 18.6 Å². The number of pyridine rings is 1. The van der Waals surface area contributed by atoms with Crippen LogP contribution in [0.4, 0.5) is 0 Å². The fourth-order valence-electron chi connectivity index (χ4n) is 2.94. The molecule has 1 aromatic carbocycles. The van der Waals surface area contributed by atoms with E-state index in [1.54, 1.807) is 30.3 Å². The van der Waals surface area contributed by atoms with E-state index in [0.717, 1.165) is 12.8 Å². The number of benzene rings is 1. The lowest BCUT2D eigenvalue weighted by molar-refractivity contribution is 0.0922. The summed E-state index contributed by atoms with van der Waals surface area (Å²) in [5.74, 6) is 0.363. The lowest BCUT2D eigenvalue weighted by Gasteiger charge is -2.22. The fraction of sp³-hybridized carbons (Fsp3) is 0.368. The smallest absolute Gasteiger partial charge is 0.270 e. The van der Waals surface area contributed by atoms with Crippen LogP contribution in [0.15, 0.2) is 36.4 Å². The third-order valence-corrected chi connectivity index (χ3v) is 5.07. The fourth-order valence-corrected chi connectivity index (χ4v) is 3.29. The quantitative estimate of drug-likeness (QED) is 0.793. The molecule has 1 heterocycles. The molecule has 6 heteroatoms. The minimum atomic E-state index is -0.130. The van der Waals surface area contributed by atoms with Crippen LogP contribution < -0.4 is 10.1 Å². The maximum Gasteiger partial charge on any atom is 0.270 e. The van der Waals surface area contributed by atoms with Crippen LogP contribution >= 0.6 is 23.2 Å². The summed E-state index contributed by atoms with van der Waals surface area (Å²) in [5, 5.41) is 3.88. The number of halogens is 2. The lowest BCUT2D eigenvalue weighted by atomic mass is 9.95. The zero-order valence-electron chi connectivity index (χ0n) is 13.8. The van der Waals surface area contributed by atoms with Gasteiger partial charge in [0.25, 0.3) is 5.91 Å². The van der Waals surface area contributed by atoms with E-state index >= 15 is 0 Å². The maximum absolute atomic E-state index is 12.4. The molecule has 132 valence electrons. The van der Waals surface area contributed by atoms with E-state index in [1.165, 1.54) is 19.3 Å². The van der Waals surface area contributed by atoms with E-state index < -0.39 is 0 Å². The lowest BCUT2D eigenvalue weighted by Crippen LogP contribution is -2.36. The van der Waals surface area contributed by atoms with Gasteiger partial charge in [0.15, 0.2) is 0 Å². The molecule has 4 nitrogen and oxygen atoms in total. The summed E-state index contributed by atoms with van der Waals surface area (Å²) in [6.45, 7) is 0.213. The van der Waals surface area contributed by atoms with Gasteiger partial charge in [-0.3, -0.25) is 4.79 Å². The molecule has 0 bridgehead atoms. The van der Waals surface area contributed by atoms with Crippen molar-refractivity contribution in [1.29, 1.82) is 0 Å². The van der Waals surface area contributed by atoms with Gasteiger partial charge in [0.2, 0.25) is 0 Å². The minimum Gasteiger partial charge on any atom is -0.486 e. The number of rotatable bonds is 5. The van der Waals surface area contributed by atoms with Gasteiger partial charge in [-0.15, -0.1) is 0 Å². The molecular formula is C19H20Cl2N2O2. The SMILES string of the molecule is O=C(NC1CCCCC1)c1cccc(COc2cccc(Cl)c2Cl)n1. The molecule has 1 fully saturated rings. The summed E-state index contributed by atoms with van der Waals surface area (Å²) in [5.41, 5.74) is 1.07. The van der Waals surface area contributed by atoms with Crippen molar-refractivity contribution in [3.05, 3.63) is 57.8 Å². The highest BCUT2D eigenvalue weighted by Gasteiger charge is 2.17. The second kappa shape index (κ2) is 8.54. The first-order chi connectivity index (χ1) is 12.1. The topological polar surface area (TPSA) is 51.2 Å². The van der Waals surface area contributed by atoms with Crippen molar-refractivity contribution in [3.63, 3.8) is 0 Å². The Bertz CT molecular complexity index is 746. The third-order valence-electron chi connectivity index (χ3n) is 4.27. The van der Waals surface area contributed by atoms with Crippen molar-refractivity contribution >= 4 is 29.1 Å². The molecule has 0 radical (unpaired) electrons. The van der Waals surface area contributed by atoms with Gasteiger partial charge in [0.05, 0.1) is 10.7 Å². The first-order valence-corrected chi connectivity index (χ1v) is 9.22. The van der Waals surface area contributed by atoms with Crippen LogP contribution in [0.3, 0.4) is 0 Å². The standard InChI is InChI=1S/C19H20Cl2N2O2/c20-15-9-5-11-17(18(15)21)25-12-14-8-4-10-16(22-14)19(24)23-13-6-2-1-3-7-13/h4-5,8-11,13H,1-3,6-7,12H2,(H,23,24). The van der Waals surface area contributed by atoms with Crippen molar-refractivity contribution < 1.29 is 9.53 Å². The molecule has 0 unspecified atom stereocenters. The van der Waals surface area contributed by atoms with Crippen LogP contribution in [0.1, 0.15) is 48.3 Å². The predicted octanol–water partition coefficient (Wildman–Crippen LogP) is 5.03. The van der Waals surface area contributed by atoms with Gasteiger partial charge < -0.3 is 10.1 Å². The molecule has 1 aromatic heterocycles. The van der Waals surface area contributed by atoms with Crippen LogP contribution in [0.25, 0.3) is 0 Å². The van der Waals surface area contributed by atoms with Crippen molar-refractivity contribution in [2.45, 2.75) is 44.8 Å². The summed E-state index contributed by atoms with van der Waals surface area (Å²) in [6.07, 6.45) is 5.69. The summed E-state index contributed by atoms with van der Waals surface area (Å²) in [4.78, 5) is 16.8. The second-order valence-electron chi connectivity index (χ2n) is 6.16. The molecule has 1 amide bonds. The van der Waals surface area contributed by atoms with Crippen LogP contribution in [-0.4, -0.2) is 16.9 Å². The van der Waals surface area contributed by atoms with Gasteiger partial charge in [-0.2, -0.15) is 0 Å². The van der Waals surface area contributed by atoms with Crippen molar-refractivity contribution in [2.24, 2.45) is 0 Å². The Hall–Kier alpha value is -1.78. The number of ether oxygens (including phenoxy) is 1. The molecule has 1 aliphatic rings. The van der Waals surface area contributed by atoms with Crippen molar-refractivity contribution in [1.82, 2.24) is 10.3 Å². The Labute approximate surface area is 157 Å². The molecule has 0 aliphatic heterocycles. The Morgan fingerprint density at radius 1 is 1.12 bits per heavy atom. The van der Waals surface area contributed by atoms with Crippen molar-refractivity contribution in [3.8, 4) is 5.75 Å². The summed E-state index contributed by atoms with van der Waals surface area (Å²) < 4.78 is 5.68. The highest BCUT2D eigenvalue weighted by molar-refractivity contribution is 6.42. The number of hydrogen-bond acceptors (Lipinski definition) is 3. The van der Waals surface area contributed by atoms with Gasteiger partial charge in [-0.25, -0.2) is 4.98 Å². The molecule has 0 spiro atoms. The van der Waals surface area contributed by atoms with E-state index in [2.05, 4.69) is 10.3 Å². The highest BCUT2D eigenvalue weighted by Crippen LogP contribution is 2.31. The molecule has 1 saturated carbocycles.